The summed E-state index contributed by atoms with van der Waals surface area (Å²) in [5.74, 6) is 0.763. The maximum Gasteiger partial charge on any atom is 0.320 e. The molecule has 2 aromatic rings. The Kier molecular flexibility index (Phi) is 6.57. The first kappa shape index (κ1) is 22.9. The number of benzene rings is 1. The van der Waals surface area contributed by atoms with Gasteiger partial charge in [0.05, 0.1) is 24.1 Å². The Morgan fingerprint density at radius 3 is 2.47 bits per heavy atom. The van der Waals surface area contributed by atoms with Gasteiger partial charge < -0.3 is 10.1 Å². The maximum absolute atomic E-state index is 12.5. The van der Waals surface area contributed by atoms with E-state index in [-0.39, 0.29) is 16.9 Å². The van der Waals surface area contributed by atoms with Gasteiger partial charge in [0.15, 0.2) is 0 Å². The van der Waals surface area contributed by atoms with E-state index in [1.54, 1.807) is 20.1 Å². The van der Waals surface area contributed by atoms with Crippen molar-refractivity contribution in [3.63, 3.8) is 0 Å². The fourth-order valence-electron chi connectivity index (χ4n) is 2.91. The largest absolute Gasteiger partial charge is 0.497 e. The molecule has 0 bridgehead atoms. The van der Waals surface area contributed by atoms with Gasteiger partial charge in [-0.25, -0.2) is 9.79 Å². The van der Waals surface area contributed by atoms with Crippen LogP contribution in [-0.2, 0) is 16.6 Å². The molecule has 1 aromatic carbocycles. The van der Waals surface area contributed by atoms with Crippen LogP contribution in [0.3, 0.4) is 0 Å². The Morgan fingerprint density at radius 2 is 1.88 bits per heavy atom. The highest BCUT2D eigenvalue weighted by Gasteiger charge is 2.25. The Balaban J connectivity index is 1.74. The molecule has 0 unspecified atom stereocenters. The lowest BCUT2D eigenvalue weighted by Crippen LogP contribution is -2.32. The molecule has 2 N–H and O–H groups in total. The van der Waals surface area contributed by atoms with Crippen LogP contribution in [0.15, 0.2) is 52.5 Å². The zero-order valence-electron chi connectivity index (χ0n) is 19.0. The van der Waals surface area contributed by atoms with E-state index < -0.39 is 11.9 Å². The number of rotatable bonds is 5. The maximum atomic E-state index is 12.5. The minimum atomic E-state index is -0.477. The van der Waals surface area contributed by atoms with Crippen LogP contribution in [0.2, 0.25) is 0 Å². The zero-order valence-corrected chi connectivity index (χ0v) is 19.0. The molecule has 1 aliphatic rings. The van der Waals surface area contributed by atoms with Crippen molar-refractivity contribution in [2.45, 2.75) is 39.5 Å². The van der Waals surface area contributed by atoms with Gasteiger partial charge in [-0.05, 0) is 31.0 Å². The Hall–Kier alpha value is -3.75. The number of hydrogen-bond acceptors (Lipinski definition) is 5. The summed E-state index contributed by atoms with van der Waals surface area (Å²) >= 11 is 0. The summed E-state index contributed by atoms with van der Waals surface area (Å²) in [6.07, 6.45) is 0.663. The number of anilines is 1. The molecule has 0 saturated carbocycles. The van der Waals surface area contributed by atoms with E-state index in [4.69, 9.17) is 4.74 Å². The molecule has 32 heavy (non-hydrogen) atoms. The van der Waals surface area contributed by atoms with Crippen LogP contribution in [0, 0.1) is 0 Å². The number of urea groups is 1. The number of carbonyl (C=O) groups excluding carboxylic acids is 2. The quantitative estimate of drug-likeness (QED) is 0.701. The van der Waals surface area contributed by atoms with Crippen molar-refractivity contribution in [1.82, 2.24) is 15.1 Å². The summed E-state index contributed by atoms with van der Waals surface area (Å²) in [5.41, 5.74) is 2.21. The summed E-state index contributed by atoms with van der Waals surface area (Å²) in [5, 5.41) is 10.2. The molecule has 3 rings (SSSR count). The van der Waals surface area contributed by atoms with Gasteiger partial charge in [0.2, 0.25) is 0 Å². The minimum Gasteiger partial charge on any atom is -0.497 e. The van der Waals surface area contributed by atoms with Crippen LogP contribution in [0.5, 0.6) is 5.75 Å². The molecule has 9 heteroatoms. The van der Waals surface area contributed by atoms with Crippen LogP contribution < -0.4 is 15.4 Å². The van der Waals surface area contributed by atoms with Gasteiger partial charge >= 0.3 is 6.03 Å². The molecule has 9 nitrogen and oxygen atoms in total. The SMILES string of the molecule is C=C1C(=O)N=C(n2nc(C(C)(C)C)cc2NC(=O)NCCc2ccc(OC)cc2)N=C1C. The predicted octanol–water partition coefficient (Wildman–Crippen LogP) is 3.31. The third kappa shape index (κ3) is 5.29. The van der Waals surface area contributed by atoms with Crippen molar-refractivity contribution >= 4 is 29.4 Å². The van der Waals surface area contributed by atoms with Crippen LogP contribution >= 0.6 is 0 Å². The number of carbonyl (C=O) groups is 2. The molecule has 3 amide bonds. The van der Waals surface area contributed by atoms with E-state index in [9.17, 15) is 9.59 Å². The van der Waals surface area contributed by atoms with Gasteiger partial charge in [-0.1, -0.05) is 39.5 Å². The van der Waals surface area contributed by atoms with E-state index in [0.29, 0.717) is 24.5 Å². The molecule has 2 heterocycles. The Labute approximate surface area is 187 Å². The molecule has 0 fully saturated rings. The van der Waals surface area contributed by atoms with Gasteiger partial charge in [-0.3, -0.25) is 10.1 Å². The standard InChI is InChI=1S/C23H28N6O3/c1-14-15(2)25-21(27-20(14)30)29-19(13-18(28-29)23(3,4)5)26-22(31)24-12-11-16-7-9-17(32-6)10-8-16/h7-10,13H,1,11-12H2,2-6H3,(H2,24,26,31). The fraction of sp³-hybridized carbons (Fsp3) is 0.348. The Morgan fingerprint density at radius 1 is 1.19 bits per heavy atom. The van der Waals surface area contributed by atoms with Gasteiger partial charge in [0.1, 0.15) is 11.6 Å². The predicted molar refractivity (Wildman–Crippen MR) is 125 cm³/mol. The molecule has 0 saturated heterocycles. The highest BCUT2D eigenvalue weighted by atomic mass is 16.5. The second kappa shape index (κ2) is 9.17. The normalized spacial score (nSPS) is 14.0. The number of amides is 3. The van der Waals surface area contributed by atoms with Gasteiger partial charge in [-0.2, -0.15) is 14.8 Å². The minimum absolute atomic E-state index is 0.0870. The molecule has 0 aliphatic carbocycles. The van der Waals surface area contributed by atoms with E-state index in [0.717, 1.165) is 17.0 Å². The summed E-state index contributed by atoms with van der Waals surface area (Å²) in [7, 11) is 1.62. The Bertz CT molecular complexity index is 1100. The number of hydrogen-bond donors (Lipinski definition) is 2. The molecular formula is C23H28N6O3. The van der Waals surface area contributed by atoms with Gasteiger partial charge in [0.25, 0.3) is 11.9 Å². The smallest absolute Gasteiger partial charge is 0.320 e. The molecular weight excluding hydrogens is 408 g/mol. The van der Waals surface area contributed by atoms with E-state index in [2.05, 4.69) is 32.3 Å². The molecule has 0 atom stereocenters. The number of aromatic nitrogens is 2. The molecule has 0 radical (unpaired) electrons. The van der Waals surface area contributed by atoms with Crippen LogP contribution in [0.1, 0.15) is 39.0 Å². The third-order valence-corrected chi connectivity index (χ3v) is 4.93. The third-order valence-electron chi connectivity index (χ3n) is 4.93. The summed E-state index contributed by atoms with van der Waals surface area (Å²) in [6, 6.07) is 9.03. The molecule has 1 aliphatic heterocycles. The van der Waals surface area contributed by atoms with Crippen molar-refractivity contribution < 1.29 is 14.3 Å². The second-order valence-corrected chi connectivity index (χ2v) is 8.45. The van der Waals surface area contributed by atoms with Crippen molar-refractivity contribution in [2.75, 3.05) is 19.0 Å². The summed E-state index contributed by atoms with van der Waals surface area (Å²) < 4.78 is 6.52. The summed E-state index contributed by atoms with van der Waals surface area (Å²) in [4.78, 5) is 33.0. The topological polar surface area (TPSA) is 110 Å². The number of methoxy groups -OCH3 is 1. The van der Waals surface area contributed by atoms with Crippen molar-refractivity contribution in [1.29, 1.82) is 0 Å². The van der Waals surface area contributed by atoms with Gasteiger partial charge in [0, 0.05) is 18.0 Å². The highest BCUT2D eigenvalue weighted by Crippen LogP contribution is 2.25. The van der Waals surface area contributed by atoms with Crippen LogP contribution in [-0.4, -0.2) is 47.0 Å². The lowest BCUT2D eigenvalue weighted by Gasteiger charge is -2.14. The number of aliphatic imine (C=N–C) groups is 2. The molecule has 0 spiro atoms. The van der Waals surface area contributed by atoms with E-state index in [1.165, 1.54) is 4.68 Å². The second-order valence-electron chi connectivity index (χ2n) is 8.45. The zero-order chi connectivity index (χ0) is 23.5. The molecule has 1 aromatic heterocycles. The van der Waals surface area contributed by atoms with Crippen molar-refractivity contribution in [3.05, 3.63) is 53.7 Å². The van der Waals surface area contributed by atoms with Crippen molar-refractivity contribution in [3.8, 4) is 5.75 Å². The van der Waals surface area contributed by atoms with Crippen molar-refractivity contribution in [2.24, 2.45) is 9.98 Å². The average Bonchev–Trinajstić information content (AvgIpc) is 3.16. The fourth-order valence-corrected chi connectivity index (χ4v) is 2.91. The van der Waals surface area contributed by atoms with Crippen LogP contribution in [0.4, 0.5) is 10.6 Å². The van der Waals surface area contributed by atoms with Crippen LogP contribution in [0.25, 0.3) is 0 Å². The highest BCUT2D eigenvalue weighted by molar-refractivity contribution is 6.27. The lowest BCUT2D eigenvalue weighted by molar-refractivity contribution is -0.113. The lowest BCUT2D eigenvalue weighted by atomic mass is 9.92. The number of ether oxygens (including phenoxy) is 1. The monoisotopic (exact) mass is 436 g/mol. The first-order chi connectivity index (χ1) is 15.1. The summed E-state index contributed by atoms with van der Waals surface area (Å²) in [6.45, 7) is 11.8. The first-order valence-electron chi connectivity index (χ1n) is 10.2. The first-order valence-corrected chi connectivity index (χ1v) is 10.2. The molecule has 168 valence electrons. The number of nitrogens with one attached hydrogen (secondary N) is 2. The number of nitrogens with zero attached hydrogens (tertiary/aromatic N) is 4. The average molecular weight is 437 g/mol. The van der Waals surface area contributed by atoms with E-state index in [1.807, 2.05) is 45.0 Å². The van der Waals surface area contributed by atoms with Gasteiger partial charge in [-0.15, -0.1) is 0 Å². The van der Waals surface area contributed by atoms with E-state index >= 15 is 0 Å².